The number of carbonyl (C=O) groups is 3. The quantitative estimate of drug-likeness (QED) is 0.150. The fourth-order valence-electron chi connectivity index (χ4n) is 10.4. The van der Waals surface area contributed by atoms with E-state index in [2.05, 4.69) is 15.1 Å². The zero-order valence-electron chi connectivity index (χ0n) is 32.2. The zero-order chi connectivity index (χ0) is 38.9. The number of carboxylic acid groups (broad SMARTS) is 1. The number of nitrogens with one attached hydrogen (secondary N) is 1. The summed E-state index contributed by atoms with van der Waals surface area (Å²) in [5, 5.41) is 13.6. The van der Waals surface area contributed by atoms with Gasteiger partial charge >= 0.3 is 5.97 Å². The highest BCUT2D eigenvalue weighted by atomic mass is 35.5. The van der Waals surface area contributed by atoms with Crippen LogP contribution < -0.4 is 5.32 Å². The van der Waals surface area contributed by atoms with Crippen molar-refractivity contribution in [3.8, 4) is 11.1 Å². The van der Waals surface area contributed by atoms with Crippen LogP contribution in [0.25, 0.3) is 11.1 Å². The van der Waals surface area contributed by atoms with Crippen LogP contribution in [0, 0.1) is 10.8 Å². The molecule has 4 heterocycles. The Labute approximate surface area is 337 Å². The normalized spacial score (nSPS) is 23.5. The molecule has 4 aromatic rings. The topological polar surface area (TPSA) is 126 Å². The van der Waals surface area contributed by atoms with Gasteiger partial charge in [-0.05, 0) is 75.0 Å². The van der Waals surface area contributed by atoms with Gasteiger partial charge in [-0.1, -0.05) is 60.0 Å². The number of rotatable bonds is 11. The van der Waals surface area contributed by atoms with Crippen LogP contribution in [0.4, 0.5) is 5.69 Å². The number of benzene rings is 2. The van der Waals surface area contributed by atoms with E-state index in [1.54, 1.807) is 6.07 Å². The maximum Gasteiger partial charge on any atom is 0.309 e. The maximum absolute atomic E-state index is 13.8. The molecule has 5 aliphatic rings. The van der Waals surface area contributed by atoms with Crippen molar-refractivity contribution in [3.63, 3.8) is 0 Å². The molecule has 56 heavy (non-hydrogen) atoms. The minimum atomic E-state index is -0.623. The number of hydrogen-bond acceptors (Lipinski definition) is 7. The molecule has 2 N–H and O–H groups in total. The lowest BCUT2D eigenvalue weighted by Gasteiger charge is -2.39. The van der Waals surface area contributed by atoms with Crippen molar-refractivity contribution in [2.24, 2.45) is 24.9 Å². The molecule has 11 nitrogen and oxygen atoms in total. The summed E-state index contributed by atoms with van der Waals surface area (Å²) in [5.74, 6) is -0.280. The third-order valence-corrected chi connectivity index (χ3v) is 14.9. The van der Waals surface area contributed by atoms with Crippen molar-refractivity contribution in [2.75, 3.05) is 25.0 Å². The number of aliphatic carboxylic acids is 1. The zero-order valence-corrected chi connectivity index (χ0v) is 33.7. The summed E-state index contributed by atoms with van der Waals surface area (Å²) in [6.07, 6.45) is 11.0. The highest BCUT2D eigenvalue weighted by Gasteiger charge is 2.57. The number of carbonyl (C=O) groups excluding carboxylic acids is 2. The standard InChI is InChI=1S/C43H49Cl2N7O4/c1-49-34-13-20-52(27-7-4-8-27)24-32(34)46-38(49)35(53)22-26-6-3-9-28(36(26)44)29-10-5-11-30(37(29)45)48-40(54)39-47-31-23-51(19-12-33(31)50(39)2)21-18-42-14-16-43(25-42,17-15-42)41(55)56/h3,5-6,9-11,27H,4,7-8,12-25H2,1-2H3,(H,48,54)(H,55,56). The molecular weight excluding hydrogens is 749 g/mol. The first-order valence-corrected chi connectivity index (χ1v) is 20.9. The Hall–Kier alpha value is -4.03. The first-order chi connectivity index (χ1) is 26.9. The molecule has 0 unspecified atom stereocenters. The van der Waals surface area contributed by atoms with E-state index in [-0.39, 0.29) is 23.5 Å². The predicted molar refractivity (Wildman–Crippen MR) is 215 cm³/mol. The Bertz CT molecular complexity index is 2250. The molecule has 9 rings (SSSR count). The Morgan fingerprint density at radius 2 is 1.52 bits per heavy atom. The summed E-state index contributed by atoms with van der Waals surface area (Å²) in [6.45, 7) is 4.23. The lowest BCUT2D eigenvalue weighted by molar-refractivity contribution is -0.148. The molecule has 3 saturated carbocycles. The van der Waals surface area contributed by atoms with Crippen LogP contribution >= 0.6 is 23.2 Å². The number of carboxylic acids is 1. The number of amides is 1. The molecule has 2 bridgehead atoms. The van der Waals surface area contributed by atoms with Crippen LogP contribution in [0.5, 0.6) is 0 Å². The molecule has 1 amide bonds. The number of Topliss-reactive ketones (excluding diaryl/α,β-unsaturated/α-hetero) is 1. The Balaban J connectivity index is 0.869. The molecule has 294 valence electrons. The number of halogens is 2. The molecule has 2 aliphatic heterocycles. The first kappa shape index (κ1) is 37.5. The molecule has 3 fully saturated rings. The third kappa shape index (κ3) is 6.48. The number of hydrogen-bond donors (Lipinski definition) is 2. The summed E-state index contributed by atoms with van der Waals surface area (Å²) in [4.78, 5) is 54.0. The summed E-state index contributed by atoms with van der Waals surface area (Å²) in [5.41, 5.74) is 6.17. The van der Waals surface area contributed by atoms with E-state index in [1.807, 2.05) is 53.6 Å². The van der Waals surface area contributed by atoms with Gasteiger partial charge in [0.2, 0.25) is 5.78 Å². The van der Waals surface area contributed by atoms with E-state index < -0.39 is 11.4 Å². The van der Waals surface area contributed by atoms with Crippen molar-refractivity contribution in [1.29, 1.82) is 0 Å². The number of aromatic nitrogens is 4. The fourth-order valence-corrected chi connectivity index (χ4v) is 11.0. The fraction of sp³-hybridized carbons (Fsp3) is 0.512. The van der Waals surface area contributed by atoms with Crippen LogP contribution in [0.15, 0.2) is 36.4 Å². The van der Waals surface area contributed by atoms with Crippen LogP contribution in [-0.2, 0) is 51.2 Å². The molecule has 0 radical (unpaired) electrons. The van der Waals surface area contributed by atoms with Gasteiger partial charge in [0.05, 0.1) is 32.5 Å². The van der Waals surface area contributed by atoms with E-state index in [1.165, 1.54) is 19.3 Å². The van der Waals surface area contributed by atoms with Gasteiger partial charge in [-0.25, -0.2) is 9.97 Å². The van der Waals surface area contributed by atoms with Crippen molar-refractivity contribution in [3.05, 3.63) is 86.4 Å². The number of anilines is 1. The Kier molecular flexibility index (Phi) is 9.66. The summed E-state index contributed by atoms with van der Waals surface area (Å²) >= 11 is 14.0. The second-order valence-corrected chi connectivity index (χ2v) is 17.9. The predicted octanol–water partition coefficient (Wildman–Crippen LogP) is 7.50. The van der Waals surface area contributed by atoms with E-state index >= 15 is 0 Å². The molecule has 13 heteroatoms. The van der Waals surface area contributed by atoms with Crippen LogP contribution in [0.3, 0.4) is 0 Å². The van der Waals surface area contributed by atoms with Gasteiger partial charge in [-0.2, -0.15) is 0 Å². The highest BCUT2D eigenvalue weighted by molar-refractivity contribution is 6.39. The number of ketones is 1. The molecule has 0 atom stereocenters. The average molecular weight is 799 g/mol. The van der Waals surface area contributed by atoms with E-state index in [4.69, 9.17) is 33.2 Å². The molecule has 0 saturated heterocycles. The number of nitrogens with zero attached hydrogens (tertiary/aromatic N) is 6. The van der Waals surface area contributed by atoms with Crippen LogP contribution in [-0.4, -0.2) is 77.3 Å². The minimum absolute atomic E-state index is 0.0849. The van der Waals surface area contributed by atoms with E-state index in [9.17, 15) is 19.5 Å². The smallest absolute Gasteiger partial charge is 0.309 e. The highest BCUT2D eigenvalue weighted by Crippen LogP contribution is 2.63. The van der Waals surface area contributed by atoms with Gasteiger partial charge in [0, 0.05) is 88.1 Å². The van der Waals surface area contributed by atoms with Crippen LogP contribution in [0.2, 0.25) is 10.0 Å². The van der Waals surface area contributed by atoms with E-state index in [0.717, 1.165) is 100 Å². The Morgan fingerprint density at radius 3 is 2.21 bits per heavy atom. The monoisotopic (exact) mass is 797 g/mol. The van der Waals surface area contributed by atoms with E-state index in [0.29, 0.717) is 56.7 Å². The number of imidazole rings is 2. The third-order valence-electron chi connectivity index (χ3n) is 14.0. The van der Waals surface area contributed by atoms with Gasteiger partial charge in [-0.3, -0.25) is 24.2 Å². The molecular formula is C43H49Cl2N7O4. The molecule has 3 aliphatic carbocycles. The van der Waals surface area contributed by atoms with Crippen LogP contribution in [0.1, 0.15) is 107 Å². The van der Waals surface area contributed by atoms with Crippen molar-refractivity contribution < 1.29 is 19.5 Å². The van der Waals surface area contributed by atoms with Gasteiger partial charge in [-0.15, -0.1) is 0 Å². The molecule has 2 aromatic heterocycles. The first-order valence-electron chi connectivity index (χ1n) is 20.1. The summed E-state index contributed by atoms with van der Waals surface area (Å²) in [7, 11) is 3.82. The largest absolute Gasteiger partial charge is 0.481 e. The summed E-state index contributed by atoms with van der Waals surface area (Å²) in [6, 6.07) is 11.7. The average Bonchev–Trinajstić information content (AvgIpc) is 3.92. The Morgan fingerprint density at radius 1 is 0.857 bits per heavy atom. The lowest BCUT2D eigenvalue weighted by Crippen LogP contribution is -2.43. The van der Waals surface area contributed by atoms with Gasteiger partial charge in [0.15, 0.2) is 11.6 Å². The summed E-state index contributed by atoms with van der Waals surface area (Å²) < 4.78 is 3.84. The van der Waals surface area contributed by atoms with Crippen molar-refractivity contribution in [2.45, 2.75) is 96.2 Å². The second kappa shape index (κ2) is 14.4. The lowest BCUT2D eigenvalue weighted by atomic mass is 9.80. The minimum Gasteiger partial charge on any atom is -0.481 e. The van der Waals surface area contributed by atoms with Gasteiger partial charge in [0.1, 0.15) is 0 Å². The second-order valence-electron chi connectivity index (χ2n) is 17.1. The molecule has 0 spiro atoms. The van der Waals surface area contributed by atoms with Gasteiger partial charge in [0.25, 0.3) is 5.91 Å². The number of fused-ring (bicyclic) bond motifs is 4. The SMILES string of the molecule is Cn1c(C(=O)Cc2cccc(-c3cccc(NC(=O)c4nc5c(n4C)CCN(CCC46CCC(C(=O)O)(CC4)C6)C5)c3Cl)c2Cl)nc2c1CCN(C1CCC1)C2. The van der Waals surface area contributed by atoms with Crippen molar-refractivity contribution in [1.82, 2.24) is 28.9 Å². The maximum atomic E-state index is 13.8. The van der Waals surface area contributed by atoms with Crippen molar-refractivity contribution >= 4 is 46.5 Å². The molecule has 2 aromatic carbocycles. The van der Waals surface area contributed by atoms with Gasteiger partial charge < -0.3 is 19.6 Å².